The van der Waals surface area contributed by atoms with Crippen LogP contribution in [-0.2, 0) is 4.74 Å². The Balaban J connectivity index is 1.93. The summed E-state index contributed by atoms with van der Waals surface area (Å²) in [5, 5.41) is 11.4. The van der Waals surface area contributed by atoms with Crippen LogP contribution in [0.15, 0.2) is 16.7 Å². The van der Waals surface area contributed by atoms with E-state index in [0.717, 1.165) is 19.1 Å². The lowest BCUT2D eigenvalue weighted by atomic mass is 10.0. The third-order valence-corrected chi connectivity index (χ3v) is 2.99. The van der Waals surface area contributed by atoms with E-state index < -0.39 is 11.9 Å². The molecule has 6 nitrogen and oxygen atoms in total. The van der Waals surface area contributed by atoms with Crippen molar-refractivity contribution >= 4 is 11.9 Å². The summed E-state index contributed by atoms with van der Waals surface area (Å²) < 4.78 is 10.4. The lowest BCUT2D eigenvalue weighted by molar-refractivity contribution is 0.0203. The van der Waals surface area contributed by atoms with Gasteiger partial charge in [0.25, 0.3) is 5.91 Å². The molecule has 2 rings (SSSR count). The van der Waals surface area contributed by atoms with E-state index in [2.05, 4.69) is 5.32 Å². The van der Waals surface area contributed by atoms with Gasteiger partial charge in [0.1, 0.15) is 6.26 Å². The molecular weight excluding hydrogens is 238 g/mol. The first-order valence-electron chi connectivity index (χ1n) is 5.74. The molecule has 2 heterocycles. The molecule has 1 aromatic rings. The maximum atomic E-state index is 11.7. The first kappa shape index (κ1) is 12.6. The Hall–Kier alpha value is -1.82. The third-order valence-electron chi connectivity index (χ3n) is 2.99. The number of nitrogens with one attached hydrogen (secondary N) is 1. The molecule has 0 aliphatic carbocycles. The van der Waals surface area contributed by atoms with Crippen molar-refractivity contribution in [3.63, 3.8) is 0 Å². The van der Waals surface area contributed by atoms with Crippen LogP contribution in [0.5, 0.6) is 0 Å². The molecule has 1 unspecified atom stereocenters. The maximum absolute atomic E-state index is 11.7. The summed E-state index contributed by atoms with van der Waals surface area (Å²) in [5.41, 5.74) is -0.374. The van der Waals surface area contributed by atoms with E-state index >= 15 is 0 Å². The van der Waals surface area contributed by atoms with Gasteiger partial charge in [0.2, 0.25) is 0 Å². The Bertz CT molecular complexity index is 459. The van der Waals surface area contributed by atoms with Crippen LogP contribution in [0.2, 0.25) is 0 Å². The quantitative estimate of drug-likeness (QED) is 0.843. The predicted molar refractivity (Wildman–Crippen MR) is 61.6 cm³/mol. The number of furan rings is 1. The minimum Gasteiger partial charge on any atom is -0.478 e. The van der Waals surface area contributed by atoms with Gasteiger partial charge < -0.3 is 19.6 Å². The number of aromatic carboxylic acids is 1. The summed E-state index contributed by atoms with van der Waals surface area (Å²) in [6, 6.07) is 1.20. The number of rotatable bonds is 4. The summed E-state index contributed by atoms with van der Waals surface area (Å²) in [7, 11) is 0. The van der Waals surface area contributed by atoms with E-state index in [-0.39, 0.29) is 16.9 Å². The van der Waals surface area contributed by atoms with Crippen LogP contribution in [0.4, 0.5) is 0 Å². The fourth-order valence-electron chi connectivity index (χ4n) is 1.90. The van der Waals surface area contributed by atoms with Gasteiger partial charge in [0.15, 0.2) is 5.76 Å². The second kappa shape index (κ2) is 4.81. The van der Waals surface area contributed by atoms with Gasteiger partial charge in [0, 0.05) is 19.2 Å². The molecule has 1 saturated heterocycles. The van der Waals surface area contributed by atoms with E-state index in [1.54, 1.807) is 0 Å². The Morgan fingerprint density at radius 3 is 2.89 bits per heavy atom. The average molecular weight is 253 g/mol. The summed E-state index contributed by atoms with van der Waals surface area (Å²) in [6.45, 7) is 3.02. The number of amides is 1. The van der Waals surface area contributed by atoms with Crippen molar-refractivity contribution < 1.29 is 23.8 Å². The van der Waals surface area contributed by atoms with Crippen molar-refractivity contribution in [1.29, 1.82) is 0 Å². The summed E-state index contributed by atoms with van der Waals surface area (Å²) in [4.78, 5) is 22.4. The predicted octanol–water partition coefficient (Wildman–Crippen LogP) is 1.28. The molecular formula is C12H15NO5. The number of carbonyl (C=O) groups is 2. The zero-order valence-electron chi connectivity index (χ0n) is 10.1. The Morgan fingerprint density at radius 1 is 1.56 bits per heavy atom. The van der Waals surface area contributed by atoms with Crippen LogP contribution in [0, 0.1) is 0 Å². The van der Waals surface area contributed by atoms with Gasteiger partial charge in [-0.3, -0.25) is 4.79 Å². The second-order valence-corrected chi connectivity index (χ2v) is 4.59. The lowest BCUT2D eigenvalue weighted by Crippen LogP contribution is -2.40. The molecule has 1 aromatic heterocycles. The standard InChI is InChI=1S/C12H15NO5/c1-12(3-2-4-18-12)7-13-10(14)9-5-8(6-17-9)11(15)16/h5-6H,2-4,7H2,1H3,(H,13,14)(H,15,16). The highest BCUT2D eigenvalue weighted by Crippen LogP contribution is 2.24. The first-order valence-corrected chi connectivity index (χ1v) is 5.74. The molecule has 98 valence electrons. The average Bonchev–Trinajstić information content (AvgIpc) is 2.95. The van der Waals surface area contributed by atoms with E-state index in [9.17, 15) is 9.59 Å². The fourth-order valence-corrected chi connectivity index (χ4v) is 1.90. The molecule has 2 N–H and O–H groups in total. The number of hydrogen-bond donors (Lipinski definition) is 2. The van der Waals surface area contributed by atoms with Crippen LogP contribution < -0.4 is 5.32 Å². The van der Waals surface area contributed by atoms with E-state index in [0.29, 0.717) is 13.2 Å². The zero-order chi connectivity index (χ0) is 13.2. The number of ether oxygens (including phenoxy) is 1. The number of carboxylic acids is 1. The number of carbonyl (C=O) groups excluding carboxylic acids is 1. The highest BCUT2D eigenvalue weighted by molar-refractivity contribution is 5.95. The van der Waals surface area contributed by atoms with E-state index in [1.807, 2.05) is 6.92 Å². The topological polar surface area (TPSA) is 88.8 Å². The normalized spacial score (nSPS) is 22.9. The van der Waals surface area contributed by atoms with Crippen molar-refractivity contribution in [3.05, 3.63) is 23.7 Å². The van der Waals surface area contributed by atoms with Gasteiger partial charge in [-0.25, -0.2) is 4.79 Å². The minimum absolute atomic E-state index is 0.00556. The van der Waals surface area contributed by atoms with E-state index in [1.165, 1.54) is 6.07 Å². The molecule has 0 radical (unpaired) electrons. The molecule has 0 bridgehead atoms. The van der Waals surface area contributed by atoms with Gasteiger partial charge in [0.05, 0.1) is 11.2 Å². The van der Waals surface area contributed by atoms with Crippen LogP contribution in [-0.4, -0.2) is 35.7 Å². The fraction of sp³-hybridized carbons (Fsp3) is 0.500. The van der Waals surface area contributed by atoms with Crippen molar-refractivity contribution in [2.75, 3.05) is 13.2 Å². The van der Waals surface area contributed by atoms with Crippen LogP contribution in [0.1, 0.15) is 40.7 Å². The molecule has 1 amide bonds. The summed E-state index contributed by atoms with van der Waals surface area (Å²) in [5.74, 6) is -1.56. The van der Waals surface area contributed by atoms with Crippen molar-refractivity contribution in [3.8, 4) is 0 Å². The highest BCUT2D eigenvalue weighted by atomic mass is 16.5. The largest absolute Gasteiger partial charge is 0.478 e. The molecule has 0 saturated carbocycles. The Labute approximate surface area is 104 Å². The van der Waals surface area contributed by atoms with Crippen molar-refractivity contribution in [2.24, 2.45) is 0 Å². The van der Waals surface area contributed by atoms with Gasteiger partial charge in [-0.15, -0.1) is 0 Å². The van der Waals surface area contributed by atoms with Crippen LogP contribution in [0.3, 0.4) is 0 Å². The van der Waals surface area contributed by atoms with Gasteiger partial charge >= 0.3 is 5.97 Å². The molecule has 18 heavy (non-hydrogen) atoms. The minimum atomic E-state index is -1.12. The molecule has 0 aromatic carbocycles. The second-order valence-electron chi connectivity index (χ2n) is 4.59. The lowest BCUT2D eigenvalue weighted by Gasteiger charge is -2.22. The van der Waals surface area contributed by atoms with Gasteiger partial charge in [-0.1, -0.05) is 0 Å². The van der Waals surface area contributed by atoms with E-state index in [4.69, 9.17) is 14.3 Å². The Morgan fingerprint density at radius 2 is 2.33 bits per heavy atom. The molecule has 1 atom stereocenters. The van der Waals surface area contributed by atoms with Crippen molar-refractivity contribution in [2.45, 2.75) is 25.4 Å². The van der Waals surface area contributed by atoms with Gasteiger partial charge in [-0.05, 0) is 19.8 Å². The smallest absolute Gasteiger partial charge is 0.338 e. The van der Waals surface area contributed by atoms with Crippen LogP contribution >= 0.6 is 0 Å². The highest BCUT2D eigenvalue weighted by Gasteiger charge is 2.30. The van der Waals surface area contributed by atoms with Crippen LogP contribution in [0.25, 0.3) is 0 Å². The SMILES string of the molecule is CC1(CNC(=O)c2cc(C(=O)O)co2)CCCO1. The molecule has 0 spiro atoms. The zero-order valence-corrected chi connectivity index (χ0v) is 10.1. The molecule has 6 heteroatoms. The number of hydrogen-bond acceptors (Lipinski definition) is 4. The van der Waals surface area contributed by atoms with Gasteiger partial charge in [-0.2, -0.15) is 0 Å². The maximum Gasteiger partial charge on any atom is 0.338 e. The summed E-state index contributed by atoms with van der Waals surface area (Å²) >= 11 is 0. The molecule has 1 aliphatic heterocycles. The Kier molecular flexibility index (Phi) is 3.38. The molecule has 1 aliphatic rings. The monoisotopic (exact) mass is 253 g/mol. The first-order chi connectivity index (χ1) is 8.50. The molecule has 1 fully saturated rings. The summed E-state index contributed by atoms with van der Waals surface area (Å²) in [6.07, 6.45) is 2.92. The third kappa shape index (κ3) is 2.70. The number of carboxylic acid groups (broad SMARTS) is 1. The van der Waals surface area contributed by atoms with Crippen molar-refractivity contribution in [1.82, 2.24) is 5.32 Å².